The lowest BCUT2D eigenvalue weighted by atomic mass is 10.0. The second kappa shape index (κ2) is 10.7. The molecule has 0 radical (unpaired) electrons. The lowest BCUT2D eigenvalue weighted by Gasteiger charge is -2.14. The zero-order valence-corrected chi connectivity index (χ0v) is 20.7. The lowest BCUT2D eigenvalue weighted by molar-refractivity contribution is -0.112. The van der Waals surface area contributed by atoms with E-state index in [1.807, 2.05) is 74.5 Å². The monoisotopic (exact) mass is 500 g/mol. The smallest absolute Gasteiger partial charge is 0.266 e. The third-order valence-electron chi connectivity index (χ3n) is 5.75. The molecule has 4 aromatic rings. The predicted molar refractivity (Wildman–Crippen MR) is 143 cm³/mol. The topological polar surface area (TPSA) is 62.1 Å². The minimum Gasteiger partial charge on any atom is -0.488 e. The number of amides is 1. The van der Waals surface area contributed by atoms with Gasteiger partial charge in [-0.05, 0) is 72.2 Å². The number of halogens is 2. The summed E-state index contributed by atoms with van der Waals surface area (Å²) in [5.41, 5.74) is 4.18. The van der Waals surface area contributed by atoms with E-state index in [0.29, 0.717) is 27.0 Å². The fourth-order valence-electron chi connectivity index (χ4n) is 3.66. The Kier molecular flexibility index (Phi) is 7.41. The number of anilines is 1. The number of nitriles is 1. The Hall–Kier alpha value is -3.78. The molecule has 35 heavy (non-hydrogen) atoms. The fourth-order valence-corrected chi connectivity index (χ4v) is 4.12. The van der Waals surface area contributed by atoms with E-state index in [2.05, 4.69) is 5.32 Å². The van der Waals surface area contributed by atoms with E-state index < -0.39 is 5.91 Å². The van der Waals surface area contributed by atoms with Gasteiger partial charge in [-0.2, -0.15) is 5.26 Å². The number of benzene rings is 4. The Bertz CT molecular complexity index is 1500. The molecule has 174 valence electrons. The number of nitrogens with zero attached hydrogens (tertiary/aromatic N) is 1. The van der Waals surface area contributed by atoms with Crippen LogP contribution in [0, 0.1) is 25.2 Å². The summed E-state index contributed by atoms with van der Waals surface area (Å²) < 4.78 is 6.11. The molecule has 0 aromatic heterocycles. The first-order valence-corrected chi connectivity index (χ1v) is 11.7. The van der Waals surface area contributed by atoms with Crippen LogP contribution in [-0.4, -0.2) is 5.91 Å². The van der Waals surface area contributed by atoms with Crippen LogP contribution in [0.2, 0.25) is 10.0 Å². The van der Waals surface area contributed by atoms with Gasteiger partial charge in [0.2, 0.25) is 0 Å². The molecular weight excluding hydrogens is 479 g/mol. The van der Waals surface area contributed by atoms with E-state index in [1.165, 1.54) is 0 Å². The van der Waals surface area contributed by atoms with Crippen LogP contribution in [-0.2, 0) is 11.4 Å². The van der Waals surface area contributed by atoms with Gasteiger partial charge in [-0.25, -0.2) is 0 Å². The Morgan fingerprint density at radius 2 is 1.80 bits per heavy atom. The quantitative estimate of drug-likeness (QED) is 0.216. The second-order valence-electron chi connectivity index (χ2n) is 8.15. The highest BCUT2D eigenvalue weighted by molar-refractivity contribution is 6.35. The van der Waals surface area contributed by atoms with Gasteiger partial charge in [-0.15, -0.1) is 0 Å². The molecule has 0 aliphatic carbocycles. The summed E-state index contributed by atoms with van der Waals surface area (Å²) in [6.07, 6.45) is 1.57. The second-order valence-corrected chi connectivity index (χ2v) is 8.99. The standard InChI is InChI=1S/C29H22Cl2N2O2/c1-18-7-11-24(13-19(18)2)33-29(34)22(16-32)14-26-25-6-4-3-5-20(25)9-12-28(26)35-17-21-8-10-23(30)15-27(21)31/h3-15H,17H2,1-2H3,(H,33,34)/b22-14+. The molecule has 0 aliphatic heterocycles. The molecule has 0 spiro atoms. The number of ether oxygens (including phenoxy) is 1. The number of hydrogen-bond donors (Lipinski definition) is 1. The minimum absolute atomic E-state index is 0.0334. The van der Waals surface area contributed by atoms with Crippen molar-refractivity contribution in [2.24, 2.45) is 0 Å². The molecule has 0 unspecified atom stereocenters. The molecule has 0 saturated carbocycles. The summed E-state index contributed by atoms with van der Waals surface area (Å²) in [6.45, 7) is 4.17. The molecule has 6 heteroatoms. The zero-order valence-electron chi connectivity index (χ0n) is 19.2. The highest BCUT2D eigenvalue weighted by Gasteiger charge is 2.15. The number of hydrogen-bond acceptors (Lipinski definition) is 3. The number of nitrogens with one attached hydrogen (secondary N) is 1. The Labute approximate surface area is 214 Å². The normalized spacial score (nSPS) is 11.2. The molecule has 0 heterocycles. The maximum atomic E-state index is 13.0. The average molecular weight is 501 g/mol. The first-order valence-electron chi connectivity index (χ1n) is 10.9. The summed E-state index contributed by atoms with van der Waals surface area (Å²) in [5, 5.41) is 15.5. The summed E-state index contributed by atoms with van der Waals surface area (Å²) in [7, 11) is 0. The van der Waals surface area contributed by atoms with Crippen LogP contribution in [0.3, 0.4) is 0 Å². The van der Waals surface area contributed by atoms with Gasteiger partial charge in [0.15, 0.2) is 0 Å². The van der Waals surface area contributed by atoms with Crippen molar-refractivity contribution < 1.29 is 9.53 Å². The maximum Gasteiger partial charge on any atom is 0.266 e. The van der Waals surface area contributed by atoms with Crippen LogP contribution < -0.4 is 10.1 Å². The summed E-state index contributed by atoms with van der Waals surface area (Å²) >= 11 is 12.3. The maximum absolute atomic E-state index is 13.0. The molecule has 4 rings (SSSR count). The van der Waals surface area contributed by atoms with E-state index in [4.69, 9.17) is 27.9 Å². The number of rotatable bonds is 6. The van der Waals surface area contributed by atoms with Gasteiger partial charge in [-0.3, -0.25) is 4.79 Å². The third kappa shape index (κ3) is 5.66. The molecule has 0 fully saturated rings. The van der Waals surface area contributed by atoms with Crippen molar-refractivity contribution in [2.45, 2.75) is 20.5 Å². The van der Waals surface area contributed by atoms with Crippen LogP contribution >= 0.6 is 23.2 Å². The van der Waals surface area contributed by atoms with Crippen LogP contribution in [0.5, 0.6) is 5.75 Å². The van der Waals surface area contributed by atoms with Crippen LogP contribution in [0.4, 0.5) is 5.69 Å². The van der Waals surface area contributed by atoms with E-state index in [1.54, 1.807) is 24.3 Å². The molecule has 0 aliphatic rings. The van der Waals surface area contributed by atoms with Gasteiger partial charge < -0.3 is 10.1 Å². The molecule has 0 atom stereocenters. The van der Waals surface area contributed by atoms with Crippen molar-refractivity contribution in [2.75, 3.05) is 5.32 Å². The Morgan fingerprint density at radius 1 is 1.00 bits per heavy atom. The number of aryl methyl sites for hydroxylation is 2. The van der Waals surface area contributed by atoms with Crippen molar-refractivity contribution in [3.63, 3.8) is 0 Å². The number of carbonyl (C=O) groups excluding carboxylic acids is 1. The van der Waals surface area contributed by atoms with E-state index in [0.717, 1.165) is 27.5 Å². The van der Waals surface area contributed by atoms with Gasteiger partial charge in [-0.1, -0.05) is 65.7 Å². The largest absolute Gasteiger partial charge is 0.488 e. The van der Waals surface area contributed by atoms with Crippen molar-refractivity contribution in [3.8, 4) is 11.8 Å². The van der Waals surface area contributed by atoms with Gasteiger partial charge in [0.25, 0.3) is 5.91 Å². The summed E-state index contributed by atoms with van der Waals surface area (Å²) in [6, 6.07) is 24.4. The number of fused-ring (bicyclic) bond motifs is 1. The highest BCUT2D eigenvalue weighted by Crippen LogP contribution is 2.32. The van der Waals surface area contributed by atoms with Crippen molar-refractivity contribution in [3.05, 3.63) is 111 Å². The molecular formula is C29H22Cl2N2O2. The fraction of sp³-hybridized carbons (Fsp3) is 0.103. The molecule has 1 amide bonds. The van der Waals surface area contributed by atoms with Crippen molar-refractivity contribution in [1.29, 1.82) is 5.26 Å². The molecule has 0 bridgehead atoms. The van der Waals surface area contributed by atoms with Crippen LogP contribution in [0.15, 0.2) is 78.4 Å². The molecule has 0 saturated heterocycles. The van der Waals surface area contributed by atoms with Crippen molar-refractivity contribution in [1.82, 2.24) is 0 Å². The highest BCUT2D eigenvalue weighted by atomic mass is 35.5. The van der Waals surface area contributed by atoms with E-state index in [-0.39, 0.29) is 12.2 Å². The number of carbonyl (C=O) groups is 1. The molecule has 4 aromatic carbocycles. The van der Waals surface area contributed by atoms with Gasteiger partial charge >= 0.3 is 0 Å². The molecule has 4 nitrogen and oxygen atoms in total. The third-order valence-corrected chi connectivity index (χ3v) is 6.33. The zero-order chi connectivity index (χ0) is 24.9. The van der Waals surface area contributed by atoms with Gasteiger partial charge in [0, 0.05) is 26.9 Å². The summed E-state index contributed by atoms with van der Waals surface area (Å²) in [5.74, 6) is 0.0387. The minimum atomic E-state index is -0.490. The van der Waals surface area contributed by atoms with Crippen LogP contribution in [0.25, 0.3) is 16.8 Å². The van der Waals surface area contributed by atoms with Gasteiger partial charge in [0.05, 0.1) is 0 Å². The van der Waals surface area contributed by atoms with E-state index >= 15 is 0 Å². The predicted octanol–water partition coefficient (Wildman–Crippen LogP) is 7.89. The first kappa shape index (κ1) is 24.3. The first-order chi connectivity index (χ1) is 16.9. The molecule has 1 N–H and O–H groups in total. The van der Waals surface area contributed by atoms with Crippen molar-refractivity contribution >= 4 is 51.6 Å². The SMILES string of the molecule is Cc1ccc(NC(=O)/C(C#N)=C/c2c(OCc3ccc(Cl)cc3Cl)ccc3ccccc23)cc1C. The summed E-state index contributed by atoms with van der Waals surface area (Å²) in [4.78, 5) is 13.0. The Balaban J connectivity index is 1.70. The van der Waals surface area contributed by atoms with E-state index in [9.17, 15) is 10.1 Å². The average Bonchev–Trinajstić information content (AvgIpc) is 2.84. The van der Waals surface area contributed by atoms with Crippen LogP contribution in [0.1, 0.15) is 22.3 Å². The van der Waals surface area contributed by atoms with Gasteiger partial charge in [0.1, 0.15) is 24.0 Å². The Morgan fingerprint density at radius 3 is 2.54 bits per heavy atom. The lowest BCUT2D eigenvalue weighted by Crippen LogP contribution is -2.13.